The molecule has 2 atom stereocenters. The second-order valence-corrected chi connectivity index (χ2v) is 12.0. The van der Waals surface area contributed by atoms with Crippen LogP contribution in [0.15, 0.2) is 54.6 Å². The highest BCUT2D eigenvalue weighted by Gasteiger charge is 2.40. The maximum atomic E-state index is 13.4. The number of hydrogen-bond donors (Lipinski definition) is 1. The lowest BCUT2D eigenvalue weighted by molar-refractivity contribution is -0.127. The van der Waals surface area contributed by atoms with Gasteiger partial charge in [0.25, 0.3) is 0 Å². The van der Waals surface area contributed by atoms with Crippen molar-refractivity contribution in [3.05, 3.63) is 65.7 Å². The van der Waals surface area contributed by atoms with Crippen LogP contribution in [0.25, 0.3) is 0 Å². The first kappa shape index (κ1) is 25.7. The quantitative estimate of drug-likeness (QED) is 0.536. The first-order valence-electron chi connectivity index (χ1n) is 13.0. The Hall–Kier alpha value is -2.38. The van der Waals surface area contributed by atoms with Gasteiger partial charge in [-0.2, -0.15) is 0 Å². The van der Waals surface area contributed by atoms with Crippen molar-refractivity contribution < 1.29 is 17.9 Å². The van der Waals surface area contributed by atoms with E-state index in [4.69, 9.17) is 4.74 Å². The Bertz CT molecular complexity index is 1100. The molecule has 0 spiro atoms. The smallest absolute Gasteiger partial charge is 0.224 e. The maximum Gasteiger partial charge on any atom is 0.224 e. The van der Waals surface area contributed by atoms with Crippen molar-refractivity contribution >= 4 is 15.9 Å². The monoisotopic (exact) mass is 498 g/mol. The summed E-state index contributed by atoms with van der Waals surface area (Å²) in [6, 6.07) is 17.7. The average Bonchev–Trinajstić information content (AvgIpc) is 2.89. The topological polar surface area (TPSA) is 75.7 Å². The fourth-order valence-corrected chi connectivity index (χ4v) is 6.94. The number of aryl methyl sites for hydroxylation is 1. The van der Waals surface area contributed by atoms with Crippen LogP contribution in [0.2, 0.25) is 0 Å². The highest BCUT2D eigenvalue weighted by molar-refractivity contribution is 7.89. The molecule has 2 aliphatic heterocycles. The summed E-state index contributed by atoms with van der Waals surface area (Å²) in [5.41, 5.74) is 1.85. The number of fused-ring (bicyclic) bond motifs is 1. The number of carbonyl (C=O) groups excluding carboxylic acids is 1. The van der Waals surface area contributed by atoms with Gasteiger partial charge in [-0.05, 0) is 50.2 Å². The minimum absolute atomic E-state index is 0.0583. The van der Waals surface area contributed by atoms with Crippen molar-refractivity contribution in [2.75, 3.05) is 18.8 Å². The molecular formula is C28H38N2O4S. The number of benzene rings is 2. The molecule has 0 bridgehead atoms. The number of nitrogens with one attached hydrogen (secondary N) is 1. The number of nitrogens with zero attached hydrogens (tertiary/aromatic N) is 1. The first-order valence-corrected chi connectivity index (χ1v) is 14.6. The second-order valence-electron chi connectivity index (χ2n) is 9.90. The number of carbonyl (C=O) groups is 1. The number of piperidine rings is 1. The van der Waals surface area contributed by atoms with Crippen LogP contribution in [0.3, 0.4) is 0 Å². The van der Waals surface area contributed by atoms with Crippen molar-refractivity contribution in [1.29, 1.82) is 0 Å². The second kappa shape index (κ2) is 11.1. The largest absolute Gasteiger partial charge is 0.487 e. The highest BCUT2D eigenvalue weighted by Crippen LogP contribution is 2.42. The molecule has 0 aromatic heterocycles. The van der Waals surface area contributed by atoms with E-state index in [0.717, 1.165) is 42.6 Å². The van der Waals surface area contributed by atoms with E-state index < -0.39 is 10.0 Å². The molecule has 2 aliphatic rings. The van der Waals surface area contributed by atoms with Crippen LogP contribution in [-0.2, 0) is 21.2 Å². The zero-order valence-electron chi connectivity index (χ0n) is 20.9. The van der Waals surface area contributed by atoms with E-state index in [1.165, 1.54) is 4.31 Å². The molecule has 2 aromatic rings. The van der Waals surface area contributed by atoms with Gasteiger partial charge >= 0.3 is 0 Å². The van der Waals surface area contributed by atoms with Gasteiger partial charge in [-0.15, -0.1) is 0 Å². The Balaban J connectivity index is 1.39. The molecule has 1 amide bonds. The average molecular weight is 499 g/mol. The van der Waals surface area contributed by atoms with Gasteiger partial charge in [0.2, 0.25) is 15.9 Å². The molecule has 0 radical (unpaired) electrons. The van der Waals surface area contributed by atoms with Crippen molar-refractivity contribution in [1.82, 2.24) is 9.62 Å². The molecule has 2 aromatic carbocycles. The Kier molecular flexibility index (Phi) is 8.17. The van der Waals surface area contributed by atoms with Crippen molar-refractivity contribution in [3.63, 3.8) is 0 Å². The fourth-order valence-electron chi connectivity index (χ4n) is 5.36. The summed E-state index contributed by atoms with van der Waals surface area (Å²) in [6.07, 6.45) is 5.17. The number of ether oxygens (including phenoxy) is 1. The number of amides is 1. The van der Waals surface area contributed by atoms with Crippen LogP contribution in [0.1, 0.15) is 69.5 Å². The number of para-hydroxylation sites is 1. The summed E-state index contributed by atoms with van der Waals surface area (Å²) < 4.78 is 34.0. The fraction of sp³-hybridized carbons (Fsp3) is 0.536. The van der Waals surface area contributed by atoms with Gasteiger partial charge in [0.15, 0.2) is 0 Å². The van der Waals surface area contributed by atoms with Gasteiger partial charge in [-0.1, -0.05) is 62.4 Å². The number of hydrogen-bond acceptors (Lipinski definition) is 4. The van der Waals surface area contributed by atoms with Crippen molar-refractivity contribution in [2.45, 2.75) is 70.4 Å². The normalized spacial score (nSPS) is 22.1. The standard InChI is InChI=1S/C28H38N2O4S/c1-3-28(4-2)20-25(24-16-8-9-17-26(24)34-28)29-27(31)23-15-10-18-30(21-23)35(32,33)19-11-14-22-12-6-5-7-13-22/h5-9,12-13,16-17,23,25H,3-4,10-11,14-15,18-21H2,1-2H3,(H,29,31)/t23-,25+/m0/s1. The molecular weight excluding hydrogens is 460 g/mol. The molecule has 1 N–H and O–H groups in total. The van der Waals surface area contributed by atoms with Gasteiger partial charge in [-0.25, -0.2) is 12.7 Å². The third-order valence-corrected chi connectivity index (χ3v) is 9.58. The summed E-state index contributed by atoms with van der Waals surface area (Å²) in [6.45, 7) is 5.00. The van der Waals surface area contributed by atoms with Crippen LogP contribution in [0.4, 0.5) is 0 Å². The molecule has 35 heavy (non-hydrogen) atoms. The van der Waals surface area contributed by atoms with E-state index in [0.29, 0.717) is 25.8 Å². The van der Waals surface area contributed by atoms with Crippen molar-refractivity contribution in [3.8, 4) is 5.75 Å². The van der Waals surface area contributed by atoms with Crippen molar-refractivity contribution in [2.24, 2.45) is 5.92 Å². The maximum absolute atomic E-state index is 13.4. The van der Waals surface area contributed by atoms with Gasteiger partial charge in [0.05, 0.1) is 17.7 Å². The lowest BCUT2D eigenvalue weighted by Gasteiger charge is -2.42. The molecule has 4 rings (SSSR count). The third kappa shape index (κ3) is 6.07. The van der Waals surface area contributed by atoms with Crippen LogP contribution >= 0.6 is 0 Å². The lowest BCUT2D eigenvalue weighted by atomic mass is 9.83. The predicted octanol–water partition coefficient (Wildman–Crippen LogP) is 4.86. The molecule has 190 valence electrons. The first-order chi connectivity index (χ1) is 16.9. The van der Waals surface area contributed by atoms with E-state index in [9.17, 15) is 13.2 Å². The summed E-state index contributed by atoms with van der Waals surface area (Å²) in [4.78, 5) is 13.4. The SMILES string of the molecule is CCC1(CC)C[C@@H](NC(=O)[C@H]2CCCN(S(=O)(=O)CCCc3ccccc3)C2)c2ccccc2O1. The van der Waals surface area contributed by atoms with E-state index in [1.807, 2.05) is 54.6 Å². The van der Waals surface area contributed by atoms with E-state index in [-0.39, 0.29) is 35.8 Å². The van der Waals surface area contributed by atoms with E-state index in [1.54, 1.807) is 0 Å². The zero-order chi connectivity index (χ0) is 24.9. The minimum atomic E-state index is -3.39. The highest BCUT2D eigenvalue weighted by atomic mass is 32.2. The Labute approximate surface area is 210 Å². The molecule has 7 heteroatoms. The predicted molar refractivity (Wildman–Crippen MR) is 139 cm³/mol. The Morgan fingerprint density at radius 2 is 1.80 bits per heavy atom. The molecule has 0 unspecified atom stereocenters. The molecule has 0 saturated carbocycles. The summed E-state index contributed by atoms with van der Waals surface area (Å²) in [7, 11) is -3.39. The molecule has 6 nitrogen and oxygen atoms in total. The number of sulfonamides is 1. The van der Waals surface area contributed by atoms with Crippen LogP contribution in [0.5, 0.6) is 5.75 Å². The summed E-state index contributed by atoms with van der Waals surface area (Å²) in [5.74, 6) is 0.551. The molecule has 2 heterocycles. The number of rotatable bonds is 9. The zero-order valence-corrected chi connectivity index (χ0v) is 21.7. The van der Waals surface area contributed by atoms with Gasteiger partial charge in [0.1, 0.15) is 11.4 Å². The van der Waals surface area contributed by atoms with Crippen LogP contribution in [0, 0.1) is 5.92 Å². The molecule has 1 saturated heterocycles. The van der Waals surface area contributed by atoms with E-state index >= 15 is 0 Å². The van der Waals surface area contributed by atoms with Gasteiger partial charge in [-0.3, -0.25) is 4.79 Å². The van der Waals surface area contributed by atoms with Crippen LogP contribution in [-0.4, -0.2) is 43.1 Å². The van der Waals surface area contributed by atoms with Gasteiger partial charge < -0.3 is 10.1 Å². The minimum Gasteiger partial charge on any atom is -0.487 e. The summed E-state index contributed by atoms with van der Waals surface area (Å²) in [5, 5.41) is 3.26. The molecule has 0 aliphatic carbocycles. The third-order valence-electron chi connectivity index (χ3n) is 7.66. The summed E-state index contributed by atoms with van der Waals surface area (Å²) >= 11 is 0. The van der Waals surface area contributed by atoms with Crippen LogP contribution < -0.4 is 10.1 Å². The Morgan fingerprint density at radius 3 is 2.54 bits per heavy atom. The van der Waals surface area contributed by atoms with Gasteiger partial charge in [0, 0.05) is 25.1 Å². The lowest BCUT2D eigenvalue weighted by Crippen LogP contribution is -2.49. The van der Waals surface area contributed by atoms with E-state index in [2.05, 4.69) is 19.2 Å². The molecule has 1 fully saturated rings. The Morgan fingerprint density at radius 1 is 1.09 bits per heavy atom.